The first-order valence-electron chi connectivity index (χ1n) is 40.3. The lowest BCUT2D eigenvalue weighted by molar-refractivity contribution is -0.142. The zero-order valence-electron chi connectivity index (χ0n) is 66.2. The fraction of sp³-hybridized carbons (Fsp3) is 0.0190. The van der Waals surface area contributed by atoms with Gasteiger partial charge in [0.2, 0.25) is 0 Å². The molecule has 0 aliphatic carbocycles. The van der Waals surface area contributed by atoms with Gasteiger partial charge in [0, 0.05) is 105 Å². The summed E-state index contributed by atoms with van der Waals surface area (Å²) in [7, 11) is 0. The molecule has 0 radical (unpaired) electrons. The summed E-state index contributed by atoms with van der Waals surface area (Å²) in [6, 6.07) is 114. The first-order valence-corrected chi connectivity index (χ1v) is 40.3. The molecule has 6 aromatic heterocycles. The van der Waals surface area contributed by atoms with Crippen LogP contribution in [0.25, 0.3) is 214 Å². The molecule has 0 unspecified atom stereocenters. The van der Waals surface area contributed by atoms with Gasteiger partial charge in [0.05, 0.1) is 50.5 Å². The largest absolute Gasteiger partial charge is 0.417 e. The third-order valence-electron chi connectivity index (χ3n) is 22.2. The molecule has 0 saturated heterocycles. The second kappa shape index (κ2) is 31.5. The third kappa shape index (κ3) is 14.5. The lowest BCUT2D eigenvalue weighted by Crippen LogP contribution is -2.12. The van der Waals surface area contributed by atoms with Crippen molar-refractivity contribution in [2.75, 3.05) is 0 Å². The molecule has 0 N–H and O–H groups in total. The average molecular weight is 1650 g/mol. The molecule has 0 aliphatic rings. The summed E-state index contributed by atoms with van der Waals surface area (Å²) < 4.78 is 95.7. The molecule has 6 heterocycles. The monoisotopic (exact) mass is 1650 g/mol. The molecule has 21 aromatic rings. The molecule has 15 aromatic carbocycles. The Hall–Kier alpha value is -17.0. The van der Waals surface area contributed by atoms with Gasteiger partial charge in [0.25, 0.3) is 0 Å². The predicted molar refractivity (Wildman–Crippen MR) is 479 cm³/mol. The topological polar surface area (TPSA) is 188 Å². The van der Waals surface area contributed by atoms with Gasteiger partial charge in [-0.2, -0.15) is 31.6 Å². The molecule has 598 valence electrons. The Labute approximate surface area is 715 Å². The smallest absolute Gasteiger partial charge is 0.309 e. The molecule has 0 fully saturated rings. The van der Waals surface area contributed by atoms with Gasteiger partial charge >= 0.3 is 12.4 Å². The summed E-state index contributed by atoms with van der Waals surface area (Å²) in [5.74, 6) is 4.92. The number of fused-ring (bicyclic) bond motifs is 6. The lowest BCUT2D eigenvalue weighted by atomic mass is 9.91. The van der Waals surface area contributed by atoms with Crippen LogP contribution in [0.15, 0.2) is 370 Å². The van der Waals surface area contributed by atoms with Crippen molar-refractivity contribution in [1.82, 2.24) is 68.9 Å². The minimum absolute atomic E-state index is 0.101. The Morgan fingerprint density at radius 2 is 0.484 bits per heavy atom. The maximum absolute atomic E-state index is 15.8. The molecule has 0 aliphatic heterocycles. The molecule has 0 amide bonds. The van der Waals surface area contributed by atoms with Gasteiger partial charge < -0.3 is 9.13 Å². The van der Waals surface area contributed by atoms with Crippen LogP contribution < -0.4 is 0 Å². The first kappa shape index (κ1) is 76.4. The van der Waals surface area contributed by atoms with E-state index in [0.29, 0.717) is 142 Å². The van der Waals surface area contributed by atoms with Crippen molar-refractivity contribution >= 4 is 43.6 Å². The van der Waals surface area contributed by atoms with Crippen molar-refractivity contribution in [3.05, 3.63) is 387 Å². The number of benzene rings is 15. The van der Waals surface area contributed by atoms with E-state index in [-0.39, 0.29) is 28.3 Å². The van der Waals surface area contributed by atoms with Gasteiger partial charge in [-0.25, -0.2) is 59.8 Å². The van der Waals surface area contributed by atoms with Crippen LogP contribution in [0.1, 0.15) is 16.7 Å². The lowest BCUT2D eigenvalue weighted by Gasteiger charge is -2.20. The summed E-state index contributed by atoms with van der Waals surface area (Å²) in [5.41, 5.74) is 8.84. The molecule has 0 saturated carbocycles. The van der Waals surface area contributed by atoms with E-state index in [2.05, 4.69) is 6.07 Å². The van der Waals surface area contributed by atoms with Crippen molar-refractivity contribution in [2.45, 2.75) is 12.4 Å². The van der Waals surface area contributed by atoms with Crippen LogP contribution in [0.5, 0.6) is 0 Å². The summed E-state index contributed by atoms with van der Waals surface area (Å²) >= 11 is 0. The number of nitriles is 1. The maximum Gasteiger partial charge on any atom is 0.417 e. The average Bonchev–Trinajstić information content (AvgIpc) is 1.58. The second-order valence-corrected chi connectivity index (χ2v) is 30.1. The van der Waals surface area contributed by atoms with Crippen LogP contribution in [0.3, 0.4) is 0 Å². The predicted octanol–water partition coefficient (Wildman–Crippen LogP) is 25.9. The van der Waals surface area contributed by atoms with Crippen LogP contribution in [-0.4, -0.2) is 68.9 Å². The van der Waals surface area contributed by atoms with Gasteiger partial charge in [0.15, 0.2) is 69.9 Å². The Bertz CT molecular complexity index is 7250. The van der Waals surface area contributed by atoms with E-state index in [1.165, 1.54) is 12.1 Å². The molecule has 0 atom stereocenters. The number of nitrogens with zero attached hydrogens (tertiary/aromatic N) is 15. The van der Waals surface area contributed by atoms with Crippen molar-refractivity contribution in [3.63, 3.8) is 0 Å². The zero-order valence-corrected chi connectivity index (χ0v) is 66.2. The molecule has 126 heavy (non-hydrogen) atoms. The molecular formula is C105H61F6N15. The van der Waals surface area contributed by atoms with E-state index >= 15 is 13.2 Å². The second-order valence-electron chi connectivity index (χ2n) is 30.1. The quantitative estimate of drug-likeness (QED) is 0.0832. The van der Waals surface area contributed by atoms with Gasteiger partial charge in [-0.05, 0) is 126 Å². The van der Waals surface area contributed by atoms with Crippen molar-refractivity contribution in [2.24, 2.45) is 0 Å². The zero-order chi connectivity index (χ0) is 85.2. The van der Waals surface area contributed by atoms with Crippen LogP contribution in [0, 0.1) is 11.3 Å². The standard InChI is InChI=1S/C105H61F6N15/c106-104(107,108)77-47-49-79(86(60-77)105(109,110)111)71-42-50-89(126-90-53-45-74(102-121-96(67-33-17-5-18-34-67)115-97(122-102)68-35-19-6-20-36-68)58-84(90)85-59-75(46-54-91(85)126)103-123-98(69-37-21-7-22-38-69)116-99(124-103)70-39-23-8-24-40-70)81(55-71)80-61-78(48-41-76(80)62-112)125-87-51-43-72(100-117-92(63-25-9-1-10-26-63)113-93(118-100)64-27-11-2-12-28-64)56-82(87)83-57-73(44-52-88(83)125)101-119-94(65-29-13-3-14-30-65)114-95(120-101)66-31-15-4-16-32-66/h1-61H. The van der Waals surface area contributed by atoms with Crippen LogP contribution in [0.2, 0.25) is 0 Å². The first-order chi connectivity index (χ1) is 61.6. The van der Waals surface area contributed by atoms with E-state index in [9.17, 15) is 18.4 Å². The molecule has 15 nitrogen and oxygen atoms in total. The number of hydrogen-bond donors (Lipinski definition) is 0. The van der Waals surface area contributed by atoms with Gasteiger partial charge in [-0.1, -0.05) is 255 Å². The molecular weight excluding hydrogens is 1590 g/mol. The van der Waals surface area contributed by atoms with Gasteiger partial charge in [0.1, 0.15) is 0 Å². The van der Waals surface area contributed by atoms with Crippen molar-refractivity contribution in [1.29, 1.82) is 5.26 Å². The van der Waals surface area contributed by atoms with Crippen molar-refractivity contribution < 1.29 is 26.3 Å². The van der Waals surface area contributed by atoms with Gasteiger partial charge in [-0.15, -0.1) is 0 Å². The Balaban J connectivity index is 0.818. The van der Waals surface area contributed by atoms with E-state index < -0.39 is 29.0 Å². The van der Waals surface area contributed by atoms with E-state index in [0.717, 1.165) is 61.3 Å². The van der Waals surface area contributed by atoms with E-state index in [1.54, 1.807) is 12.1 Å². The SMILES string of the molecule is N#Cc1ccc(-n2c3ccc(-c4nc(-c5ccccc5)nc(-c5ccccc5)n4)cc3c3cc(-c4nc(-c5ccccc5)nc(-c5ccccc5)n4)ccc32)cc1-c1cc(-c2ccc(C(F)(F)F)cc2C(F)(F)F)ccc1-n1c2ccc(-c3nc(-c4ccccc4)nc(-c4ccccc4)n3)cc2c2cc(-c3nc(-c4ccccc4)nc(-c4ccccc4)n3)ccc21. The van der Waals surface area contributed by atoms with Crippen LogP contribution >= 0.6 is 0 Å². The van der Waals surface area contributed by atoms with Crippen LogP contribution in [0.4, 0.5) is 26.3 Å². The highest BCUT2D eigenvalue weighted by Crippen LogP contribution is 2.48. The van der Waals surface area contributed by atoms with Crippen LogP contribution in [-0.2, 0) is 12.4 Å². The Morgan fingerprint density at radius 3 is 0.754 bits per heavy atom. The number of hydrogen-bond acceptors (Lipinski definition) is 13. The fourth-order valence-electron chi connectivity index (χ4n) is 16.2. The number of aromatic nitrogens is 14. The normalized spacial score (nSPS) is 11.7. The van der Waals surface area contributed by atoms with Gasteiger partial charge in [-0.3, -0.25) is 0 Å². The maximum atomic E-state index is 15.8. The minimum Gasteiger partial charge on any atom is -0.309 e. The number of halogens is 6. The Morgan fingerprint density at radius 1 is 0.214 bits per heavy atom. The fourth-order valence-corrected chi connectivity index (χ4v) is 16.2. The minimum atomic E-state index is -5.29. The highest BCUT2D eigenvalue weighted by molar-refractivity contribution is 6.14. The molecule has 21 rings (SSSR count). The number of alkyl halides is 6. The number of rotatable bonds is 16. The summed E-state index contributed by atoms with van der Waals surface area (Å²) in [4.78, 5) is 61.3. The third-order valence-corrected chi connectivity index (χ3v) is 22.2. The summed E-state index contributed by atoms with van der Waals surface area (Å²) in [5, 5.41) is 14.5. The summed E-state index contributed by atoms with van der Waals surface area (Å²) in [6.07, 6.45) is -10.4. The van der Waals surface area contributed by atoms with Crippen molar-refractivity contribution in [3.8, 4) is 176 Å². The van der Waals surface area contributed by atoms with E-state index in [4.69, 9.17) is 59.8 Å². The highest BCUT2D eigenvalue weighted by Gasteiger charge is 2.39. The molecule has 21 heteroatoms. The highest BCUT2D eigenvalue weighted by atomic mass is 19.4. The molecule has 0 bridgehead atoms. The molecule has 0 spiro atoms. The van der Waals surface area contributed by atoms with E-state index in [1.807, 2.05) is 337 Å². The summed E-state index contributed by atoms with van der Waals surface area (Å²) in [6.45, 7) is 0. The Kier molecular flexibility index (Phi) is 19.1.